The van der Waals surface area contributed by atoms with E-state index in [1.165, 1.54) is 19.1 Å². The maximum absolute atomic E-state index is 11.2. The highest BCUT2D eigenvalue weighted by atomic mass is 16.4. The summed E-state index contributed by atoms with van der Waals surface area (Å²) in [6, 6.07) is 15.4. The van der Waals surface area contributed by atoms with Crippen LogP contribution in [0, 0.1) is 6.92 Å². The predicted octanol–water partition coefficient (Wildman–Crippen LogP) is 3.93. The van der Waals surface area contributed by atoms with Crippen molar-refractivity contribution in [1.82, 2.24) is 9.97 Å². The molecule has 8 nitrogen and oxygen atoms in total. The van der Waals surface area contributed by atoms with E-state index in [1.807, 2.05) is 12.1 Å². The summed E-state index contributed by atoms with van der Waals surface area (Å²) in [5.41, 5.74) is 2.22. The van der Waals surface area contributed by atoms with Crippen LogP contribution in [-0.2, 0) is 4.79 Å². The highest BCUT2D eigenvalue weighted by molar-refractivity contribution is 5.89. The predicted molar refractivity (Wildman–Crippen MR) is 107 cm³/mol. The molecular weight excluding hydrogens is 358 g/mol. The Bertz CT molecular complexity index is 1040. The van der Waals surface area contributed by atoms with Crippen LogP contribution in [0.5, 0.6) is 0 Å². The minimum absolute atomic E-state index is 0.148. The van der Waals surface area contributed by atoms with Gasteiger partial charge in [0.15, 0.2) is 0 Å². The molecule has 0 unspecified atom stereocenters. The van der Waals surface area contributed by atoms with Gasteiger partial charge in [-0.1, -0.05) is 12.1 Å². The second kappa shape index (κ2) is 8.17. The fourth-order valence-corrected chi connectivity index (χ4v) is 2.60. The van der Waals surface area contributed by atoms with E-state index >= 15 is 0 Å². The number of carboxylic acids is 1. The molecule has 1 amide bonds. The zero-order valence-electron chi connectivity index (χ0n) is 15.4. The van der Waals surface area contributed by atoms with Crippen molar-refractivity contribution in [2.45, 2.75) is 13.8 Å². The molecule has 142 valence electrons. The van der Waals surface area contributed by atoms with Gasteiger partial charge in [-0.15, -0.1) is 0 Å². The number of carbonyl (C=O) groups is 2. The average molecular weight is 377 g/mol. The number of carbonyl (C=O) groups excluding carboxylic acids is 1. The Morgan fingerprint density at radius 1 is 0.857 bits per heavy atom. The summed E-state index contributed by atoms with van der Waals surface area (Å²) in [5, 5.41) is 18.1. The molecule has 1 aromatic heterocycles. The summed E-state index contributed by atoms with van der Waals surface area (Å²) in [4.78, 5) is 31.0. The second-order valence-corrected chi connectivity index (χ2v) is 6.08. The van der Waals surface area contributed by atoms with Crippen LogP contribution in [0.25, 0.3) is 0 Å². The number of nitrogens with zero attached hydrogens (tertiary/aromatic N) is 2. The van der Waals surface area contributed by atoms with Gasteiger partial charge < -0.3 is 21.1 Å². The van der Waals surface area contributed by atoms with E-state index in [0.29, 0.717) is 28.8 Å². The van der Waals surface area contributed by atoms with Crippen molar-refractivity contribution in [2.24, 2.45) is 0 Å². The van der Waals surface area contributed by atoms with Gasteiger partial charge in [0.25, 0.3) is 0 Å². The molecule has 3 aromatic rings. The van der Waals surface area contributed by atoms with Gasteiger partial charge in [-0.25, -0.2) is 14.8 Å². The Labute approximate surface area is 161 Å². The molecule has 0 spiro atoms. The molecule has 0 aliphatic heterocycles. The monoisotopic (exact) mass is 377 g/mol. The molecule has 0 fully saturated rings. The van der Waals surface area contributed by atoms with Crippen LogP contribution in [0.1, 0.15) is 23.1 Å². The number of benzene rings is 2. The van der Waals surface area contributed by atoms with Crippen molar-refractivity contribution in [3.05, 3.63) is 66.0 Å². The van der Waals surface area contributed by atoms with E-state index in [-0.39, 0.29) is 11.5 Å². The molecule has 0 radical (unpaired) electrons. The number of nitrogens with one attached hydrogen (secondary N) is 3. The molecule has 0 bridgehead atoms. The normalized spacial score (nSPS) is 10.2. The number of aromatic nitrogens is 2. The molecule has 2 aromatic carbocycles. The third-order valence-corrected chi connectivity index (χ3v) is 3.68. The maximum atomic E-state index is 11.2. The third kappa shape index (κ3) is 5.04. The second-order valence-electron chi connectivity index (χ2n) is 6.08. The quantitative estimate of drug-likeness (QED) is 0.514. The van der Waals surface area contributed by atoms with Gasteiger partial charge in [-0.2, -0.15) is 0 Å². The first kappa shape index (κ1) is 18.8. The molecule has 0 saturated carbocycles. The molecule has 8 heteroatoms. The van der Waals surface area contributed by atoms with E-state index < -0.39 is 5.97 Å². The summed E-state index contributed by atoms with van der Waals surface area (Å²) < 4.78 is 0. The molecule has 0 atom stereocenters. The molecule has 0 saturated heterocycles. The zero-order valence-corrected chi connectivity index (χ0v) is 15.4. The maximum Gasteiger partial charge on any atom is 0.335 e. The lowest BCUT2D eigenvalue weighted by molar-refractivity contribution is -0.114. The van der Waals surface area contributed by atoms with Gasteiger partial charge in [-0.3, -0.25) is 4.79 Å². The number of carboxylic acid groups (broad SMARTS) is 1. The summed E-state index contributed by atoms with van der Waals surface area (Å²) >= 11 is 0. The Morgan fingerprint density at radius 3 is 2.04 bits per heavy atom. The lowest BCUT2D eigenvalue weighted by Gasteiger charge is -2.11. The number of aromatic carboxylic acids is 1. The summed E-state index contributed by atoms with van der Waals surface area (Å²) in [6.45, 7) is 3.21. The molecule has 1 heterocycles. The molecule has 4 N–H and O–H groups in total. The minimum atomic E-state index is -0.996. The van der Waals surface area contributed by atoms with E-state index in [0.717, 1.165) is 5.69 Å². The first-order valence-corrected chi connectivity index (χ1v) is 8.50. The van der Waals surface area contributed by atoms with Gasteiger partial charge in [0.1, 0.15) is 17.5 Å². The first-order chi connectivity index (χ1) is 13.4. The van der Waals surface area contributed by atoms with Crippen LogP contribution in [0.4, 0.5) is 28.7 Å². The summed E-state index contributed by atoms with van der Waals surface area (Å²) in [6.07, 6.45) is 0. The number of hydrogen-bond acceptors (Lipinski definition) is 6. The van der Waals surface area contributed by atoms with E-state index in [9.17, 15) is 9.59 Å². The van der Waals surface area contributed by atoms with Crippen molar-refractivity contribution >= 4 is 40.6 Å². The first-order valence-electron chi connectivity index (χ1n) is 8.50. The van der Waals surface area contributed by atoms with Crippen LogP contribution < -0.4 is 16.0 Å². The molecule has 0 aliphatic rings. The lowest BCUT2D eigenvalue weighted by Crippen LogP contribution is -2.06. The fraction of sp³-hybridized carbons (Fsp3) is 0.100. The highest BCUT2D eigenvalue weighted by Gasteiger charge is 2.07. The molecule has 0 aliphatic carbocycles. The third-order valence-electron chi connectivity index (χ3n) is 3.68. The van der Waals surface area contributed by atoms with Crippen LogP contribution >= 0.6 is 0 Å². The van der Waals surface area contributed by atoms with Crippen molar-refractivity contribution in [1.29, 1.82) is 0 Å². The number of amides is 1. The largest absolute Gasteiger partial charge is 0.478 e. The SMILES string of the molecule is CC(=O)Nc1cccc(Nc2cc(Nc3cccc(C(=O)O)c3)nc(C)n2)c1. The summed E-state index contributed by atoms with van der Waals surface area (Å²) in [7, 11) is 0. The topological polar surface area (TPSA) is 116 Å². The van der Waals surface area contributed by atoms with E-state index in [2.05, 4.69) is 25.9 Å². The van der Waals surface area contributed by atoms with Gasteiger partial charge in [0.2, 0.25) is 5.91 Å². The number of anilines is 5. The highest BCUT2D eigenvalue weighted by Crippen LogP contribution is 2.22. The number of aryl methyl sites for hydroxylation is 1. The van der Waals surface area contributed by atoms with Crippen molar-refractivity contribution < 1.29 is 14.7 Å². The van der Waals surface area contributed by atoms with E-state index in [4.69, 9.17) is 5.11 Å². The smallest absolute Gasteiger partial charge is 0.335 e. The Morgan fingerprint density at radius 2 is 1.43 bits per heavy atom. The lowest BCUT2D eigenvalue weighted by atomic mass is 10.2. The van der Waals surface area contributed by atoms with Crippen molar-refractivity contribution in [2.75, 3.05) is 16.0 Å². The van der Waals surface area contributed by atoms with Gasteiger partial charge >= 0.3 is 5.97 Å². The molecule has 28 heavy (non-hydrogen) atoms. The molecular formula is C20H19N5O3. The van der Waals surface area contributed by atoms with Crippen LogP contribution in [0.3, 0.4) is 0 Å². The fourth-order valence-electron chi connectivity index (χ4n) is 2.60. The average Bonchev–Trinajstić information content (AvgIpc) is 2.61. The van der Waals surface area contributed by atoms with Gasteiger partial charge in [0, 0.05) is 30.1 Å². The van der Waals surface area contributed by atoms with Crippen molar-refractivity contribution in [3.63, 3.8) is 0 Å². The zero-order chi connectivity index (χ0) is 20.1. The Hall–Kier alpha value is -3.94. The van der Waals surface area contributed by atoms with Crippen LogP contribution in [0.15, 0.2) is 54.6 Å². The van der Waals surface area contributed by atoms with Gasteiger partial charge in [0.05, 0.1) is 5.56 Å². The van der Waals surface area contributed by atoms with Crippen molar-refractivity contribution in [3.8, 4) is 0 Å². The van der Waals surface area contributed by atoms with E-state index in [1.54, 1.807) is 37.3 Å². The van der Waals surface area contributed by atoms with Crippen LogP contribution in [-0.4, -0.2) is 27.0 Å². The molecule has 3 rings (SSSR count). The standard InChI is InChI=1S/C20H19N5O3/c1-12-21-18(24-15-6-3-5-14(9-15)20(27)28)11-19(22-12)25-17-8-4-7-16(10-17)23-13(2)26/h3-11H,1-2H3,(H,23,26)(H,27,28)(H2,21,22,24,25). The minimum Gasteiger partial charge on any atom is -0.478 e. The van der Waals surface area contributed by atoms with Gasteiger partial charge in [-0.05, 0) is 43.3 Å². The van der Waals surface area contributed by atoms with Crippen LogP contribution in [0.2, 0.25) is 0 Å². The number of hydrogen-bond donors (Lipinski definition) is 4. The Kier molecular flexibility index (Phi) is 5.50. The number of rotatable bonds is 6. The Balaban J connectivity index is 1.81. The summed E-state index contributed by atoms with van der Waals surface area (Å²) in [5.74, 6) is 0.480.